The summed E-state index contributed by atoms with van der Waals surface area (Å²) in [5.41, 5.74) is 6.55. The highest BCUT2D eigenvalue weighted by Crippen LogP contribution is 2.27. The van der Waals surface area contributed by atoms with Gasteiger partial charge in [0.15, 0.2) is 0 Å². The lowest BCUT2D eigenvalue weighted by molar-refractivity contribution is -0.129. The average molecular weight is 233 g/mol. The van der Waals surface area contributed by atoms with Crippen LogP contribution in [0.1, 0.15) is 31.2 Å². The normalized spacial score (nSPS) is 24.5. The van der Waals surface area contributed by atoms with Gasteiger partial charge in [0.05, 0.1) is 18.6 Å². The molecule has 0 bridgehead atoms. The largest absolute Gasteiger partial charge is 0.373 e. The zero-order chi connectivity index (χ0) is 12.1. The fourth-order valence-corrected chi connectivity index (χ4v) is 2.40. The Bertz CT molecular complexity index is 364. The summed E-state index contributed by atoms with van der Waals surface area (Å²) in [4.78, 5) is 11.3. The van der Waals surface area contributed by atoms with E-state index < -0.39 is 0 Å². The molecular formula is C14H19NO2. The van der Waals surface area contributed by atoms with Crippen LogP contribution >= 0.6 is 0 Å². The molecule has 1 aromatic rings. The van der Waals surface area contributed by atoms with E-state index >= 15 is 0 Å². The van der Waals surface area contributed by atoms with E-state index in [2.05, 4.69) is 0 Å². The molecule has 0 saturated heterocycles. The number of ether oxygens (including phenoxy) is 1. The van der Waals surface area contributed by atoms with Crippen molar-refractivity contribution in [1.82, 2.24) is 0 Å². The third-order valence-corrected chi connectivity index (χ3v) is 3.37. The second kappa shape index (κ2) is 5.82. The van der Waals surface area contributed by atoms with Crippen LogP contribution in [-0.2, 0) is 16.1 Å². The average Bonchev–Trinajstić information content (AvgIpc) is 2.38. The number of amides is 1. The molecular weight excluding hydrogens is 214 g/mol. The van der Waals surface area contributed by atoms with Crippen molar-refractivity contribution < 1.29 is 9.53 Å². The summed E-state index contributed by atoms with van der Waals surface area (Å²) in [7, 11) is 0. The Balaban J connectivity index is 1.90. The number of primary amides is 1. The number of carbonyl (C=O) groups is 1. The maximum absolute atomic E-state index is 11.3. The highest BCUT2D eigenvalue weighted by Gasteiger charge is 2.29. The third-order valence-electron chi connectivity index (χ3n) is 3.37. The fourth-order valence-electron chi connectivity index (χ4n) is 2.40. The molecule has 3 nitrogen and oxygen atoms in total. The first-order chi connectivity index (χ1) is 8.27. The Hall–Kier alpha value is -1.35. The molecule has 1 unspecified atom stereocenters. The monoisotopic (exact) mass is 233 g/mol. The number of benzene rings is 1. The molecule has 1 aromatic carbocycles. The van der Waals surface area contributed by atoms with E-state index in [1.54, 1.807) is 0 Å². The molecule has 17 heavy (non-hydrogen) atoms. The van der Waals surface area contributed by atoms with Crippen LogP contribution in [0.2, 0.25) is 0 Å². The van der Waals surface area contributed by atoms with Gasteiger partial charge in [0, 0.05) is 0 Å². The van der Waals surface area contributed by atoms with Gasteiger partial charge in [-0.1, -0.05) is 43.2 Å². The second-order valence-electron chi connectivity index (χ2n) is 4.63. The summed E-state index contributed by atoms with van der Waals surface area (Å²) in [5, 5.41) is 0. The van der Waals surface area contributed by atoms with Crippen LogP contribution in [-0.4, -0.2) is 12.0 Å². The highest BCUT2D eigenvalue weighted by atomic mass is 16.5. The Morgan fingerprint density at radius 3 is 2.65 bits per heavy atom. The van der Waals surface area contributed by atoms with Crippen molar-refractivity contribution in [3.05, 3.63) is 35.9 Å². The molecule has 2 rings (SSSR count). The van der Waals surface area contributed by atoms with Gasteiger partial charge in [0.2, 0.25) is 5.91 Å². The lowest BCUT2D eigenvalue weighted by Crippen LogP contribution is -2.37. The van der Waals surface area contributed by atoms with Gasteiger partial charge < -0.3 is 10.5 Å². The Morgan fingerprint density at radius 2 is 1.94 bits per heavy atom. The van der Waals surface area contributed by atoms with Crippen molar-refractivity contribution in [3.63, 3.8) is 0 Å². The molecule has 3 heteroatoms. The molecule has 92 valence electrons. The maximum atomic E-state index is 11.3. The standard InChI is InChI=1S/C14H19NO2/c15-14(16)12-8-4-5-9-13(12)17-10-11-6-2-1-3-7-11/h1-3,6-7,12-13H,4-5,8-10H2,(H2,15,16)/t12-,13?/m0/s1. The molecule has 1 fully saturated rings. The Labute approximate surface area is 102 Å². The lowest BCUT2D eigenvalue weighted by atomic mass is 9.86. The molecule has 1 aliphatic rings. The molecule has 0 radical (unpaired) electrons. The predicted molar refractivity (Wildman–Crippen MR) is 66.2 cm³/mol. The van der Waals surface area contributed by atoms with Gasteiger partial charge in [-0.05, 0) is 18.4 Å². The van der Waals surface area contributed by atoms with Crippen LogP contribution in [0.25, 0.3) is 0 Å². The molecule has 1 aliphatic carbocycles. The lowest BCUT2D eigenvalue weighted by Gasteiger charge is -2.29. The van der Waals surface area contributed by atoms with Crippen molar-refractivity contribution in [2.75, 3.05) is 0 Å². The molecule has 1 saturated carbocycles. The van der Waals surface area contributed by atoms with Crippen LogP contribution in [0.15, 0.2) is 30.3 Å². The molecule has 1 amide bonds. The van der Waals surface area contributed by atoms with Crippen LogP contribution in [0.3, 0.4) is 0 Å². The van der Waals surface area contributed by atoms with E-state index in [9.17, 15) is 4.79 Å². The Kier molecular flexibility index (Phi) is 4.15. The third kappa shape index (κ3) is 3.30. The summed E-state index contributed by atoms with van der Waals surface area (Å²) in [5.74, 6) is -0.324. The molecule has 0 aliphatic heterocycles. The van der Waals surface area contributed by atoms with Crippen LogP contribution in [0.4, 0.5) is 0 Å². The number of hydrogen-bond donors (Lipinski definition) is 1. The molecule has 2 N–H and O–H groups in total. The van der Waals surface area contributed by atoms with Gasteiger partial charge in [0.25, 0.3) is 0 Å². The van der Waals surface area contributed by atoms with E-state index in [4.69, 9.17) is 10.5 Å². The summed E-state index contributed by atoms with van der Waals surface area (Å²) < 4.78 is 5.84. The summed E-state index contributed by atoms with van der Waals surface area (Å²) in [6, 6.07) is 10.0. The highest BCUT2D eigenvalue weighted by molar-refractivity contribution is 5.77. The fraction of sp³-hybridized carbons (Fsp3) is 0.500. The van der Waals surface area contributed by atoms with Gasteiger partial charge in [-0.2, -0.15) is 0 Å². The first kappa shape index (κ1) is 12.1. The number of rotatable bonds is 4. The minimum Gasteiger partial charge on any atom is -0.373 e. The zero-order valence-corrected chi connectivity index (χ0v) is 9.97. The van der Waals surface area contributed by atoms with Gasteiger partial charge in [-0.3, -0.25) is 4.79 Å². The van der Waals surface area contributed by atoms with E-state index in [-0.39, 0.29) is 17.9 Å². The maximum Gasteiger partial charge on any atom is 0.223 e. The van der Waals surface area contributed by atoms with Crippen molar-refractivity contribution >= 4 is 5.91 Å². The summed E-state index contributed by atoms with van der Waals surface area (Å²) in [6.07, 6.45) is 4.03. The molecule has 0 aromatic heterocycles. The Morgan fingerprint density at radius 1 is 1.24 bits per heavy atom. The minimum absolute atomic E-state index is 0.00135. The summed E-state index contributed by atoms with van der Waals surface area (Å²) >= 11 is 0. The second-order valence-corrected chi connectivity index (χ2v) is 4.63. The topological polar surface area (TPSA) is 52.3 Å². The number of nitrogens with two attached hydrogens (primary N) is 1. The van der Waals surface area contributed by atoms with Crippen LogP contribution in [0.5, 0.6) is 0 Å². The van der Waals surface area contributed by atoms with E-state index in [0.29, 0.717) is 6.61 Å². The van der Waals surface area contributed by atoms with Crippen LogP contribution < -0.4 is 5.73 Å². The van der Waals surface area contributed by atoms with Crippen molar-refractivity contribution in [1.29, 1.82) is 0 Å². The van der Waals surface area contributed by atoms with Crippen molar-refractivity contribution in [2.24, 2.45) is 11.7 Å². The predicted octanol–water partition coefficient (Wildman–Crippen LogP) is 2.25. The van der Waals surface area contributed by atoms with E-state index in [0.717, 1.165) is 31.2 Å². The first-order valence-electron chi connectivity index (χ1n) is 6.22. The molecule has 2 atom stereocenters. The smallest absolute Gasteiger partial charge is 0.223 e. The van der Waals surface area contributed by atoms with Crippen molar-refractivity contribution in [2.45, 2.75) is 38.4 Å². The SMILES string of the molecule is NC(=O)[C@H]1CCCCC1OCc1ccccc1. The van der Waals surface area contributed by atoms with Gasteiger partial charge in [0.1, 0.15) is 0 Å². The molecule has 0 heterocycles. The number of carbonyl (C=O) groups excluding carboxylic acids is 1. The van der Waals surface area contributed by atoms with Crippen LogP contribution in [0, 0.1) is 5.92 Å². The molecule has 0 spiro atoms. The first-order valence-corrected chi connectivity index (χ1v) is 6.22. The van der Waals surface area contributed by atoms with Gasteiger partial charge >= 0.3 is 0 Å². The minimum atomic E-state index is -0.220. The van der Waals surface area contributed by atoms with E-state index in [1.165, 1.54) is 0 Å². The zero-order valence-electron chi connectivity index (χ0n) is 9.97. The summed E-state index contributed by atoms with van der Waals surface area (Å²) in [6.45, 7) is 0.565. The van der Waals surface area contributed by atoms with Gasteiger partial charge in [-0.15, -0.1) is 0 Å². The van der Waals surface area contributed by atoms with Crippen molar-refractivity contribution in [3.8, 4) is 0 Å². The van der Waals surface area contributed by atoms with E-state index in [1.807, 2.05) is 30.3 Å². The number of hydrogen-bond acceptors (Lipinski definition) is 2. The van der Waals surface area contributed by atoms with Gasteiger partial charge in [-0.25, -0.2) is 0 Å². The quantitative estimate of drug-likeness (QED) is 0.867.